The molecule has 0 aromatic heterocycles. The van der Waals surface area contributed by atoms with Gasteiger partial charge in [-0.25, -0.2) is 0 Å². The summed E-state index contributed by atoms with van der Waals surface area (Å²) in [6.45, 7) is 2.17. The molecule has 0 heterocycles. The number of aliphatic hydroxyl groups excluding tert-OH is 2. The molecule has 0 aliphatic heterocycles. The quantitative estimate of drug-likeness (QED) is 0.0307. The molecule has 0 unspecified atom stereocenters. The lowest BCUT2D eigenvalue weighted by atomic mass is 9.86. The number of unbranched alkanes of at least 4 members (excludes halogenated alkanes) is 5. The van der Waals surface area contributed by atoms with Crippen LogP contribution in [0.1, 0.15) is 109 Å². The first-order chi connectivity index (χ1) is 23.1. The molecule has 48 heavy (non-hydrogen) atoms. The first kappa shape index (κ1) is 41.0. The Morgan fingerprint density at radius 1 is 0.854 bits per heavy atom. The van der Waals surface area contributed by atoms with Crippen molar-refractivity contribution < 1.29 is 54.1 Å². The highest BCUT2D eigenvalue weighted by Gasteiger charge is 2.40. The smallest absolute Gasteiger partial charge is 0.311 e. The predicted octanol–water partition coefficient (Wildman–Crippen LogP) is 6.13. The summed E-state index contributed by atoms with van der Waals surface area (Å²) in [5, 5.41) is 37.5. The van der Waals surface area contributed by atoms with Crippen LogP contribution < -0.4 is 9.47 Å². The summed E-state index contributed by atoms with van der Waals surface area (Å²) >= 11 is 0. The number of Topliss-reactive ketones (excluding diaryl/α,β-unsaturated/α-hetero) is 1. The third-order valence-corrected chi connectivity index (χ3v) is 8.46. The third kappa shape index (κ3) is 16.8. The van der Waals surface area contributed by atoms with Gasteiger partial charge in [0.25, 0.3) is 0 Å². The van der Waals surface area contributed by atoms with Crippen molar-refractivity contribution in [3.63, 3.8) is 0 Å². The van der Waals surface area contributed by atoms with E-state index in [4.69, 9.17) is 24.6 Å². The van der Waals surface area contributed by atoms with Crippen LogP contribution in [0.5, 0.6) is 11.5 Å². The summed E-state index contributed by atoms with van der Waals surface area (Å²) in [6.07, 6.45) is 16.1. The number of esters is 2. The van der Waals surface area contributed by atoms with Crippen LogP contribution in [0.4, 0.5) is 0 Å². The van der Waals surface area contributed by atoms with Gasteiger partial charge in [0.05, 0.1) is 31.3 Å². The molecule has 12 nitrogen and oxygen atoms in total. The third-order valence-electron chi connectivity index (χ3n) is 8.46. The maximum Gasteiger partial charge on any atom is 0.311 e. The minimum atomic E-state index is -0.594. The number of carbonyl (C=O) groups is 3. The molecule has 1 aliphatic rings. The molecule has 0 spiro atoms. The summed E-state index contributed by atoms with van der Waals surface area (Å²) in [7, 11) is 1.47. The van der Waals surface area contributed by atoms with Crippen LogP contribution in [0, 0.1) is 11.8 Å². The Balaban J connectivity index is 1.69. The summed E-state index contributed by atoms with van der Waals surface area (Å²) in [5.74, 6) is -0.111. The Morgan fingerprint density at radius 3 is 2.35 bits per heavy atom. The van der Waals surface area contributed by atoms with E-state index < -0.39 is 29.5 Å². The van der Waals surface area contributed by atoms with E-state index in [0.717, 1.165) is 18.4 Å². The lowest BCUT2D eigenvalue weighted by Gasteiger charge is -2.22. The molecule has 4 N–H and O–H groups in total. The van der Waals surface area contributed by atoms with E-state index in [2.05, 4.69) is 11.8 Å². The number of benzene rings is 1. The monoisotopic (exact) mass is 677 g/mol. The molecule has 0 bridgehead atoms. The number of hydrogen-bond donors (Lipinski definition) is 4. The van der Waals surface area contributed by atoms with Crippen LogP contribution in [0.2, 0.25) is 0 Å². The van der Waals surface area contributed by atoms with Gasteiger partial charge in [-0.2, -0.15) is 0 Å². The van der Waals surface area contributed by atoms with Crippen LogP contribution in [-0.4, -0.2) is 76.3 Å². The average molecular weight is 678 g/mol. The van der Waals surface area contributed by atoms with E-state index in [1.165, 1.54) is 26.4 Å². The van der Waals surface area contributed by atoms with Crippen molar-refractivity contribution in [2.24, 2.45) is 11.8 Å². The second-order valence-corrected chi connectivity index (χ2v) is 12.2. The number of carbonyl (C=O) groups excluding carboxylic acids is 3. The number of methoxy groups -OCH3 is 1. The molecule has 4 atom stereocenters. The van der Waals surface area contributed by atoms with Gasteiger partial charge < -0.3 is 24.4 Å². The number of hydrogen-bond acceptors (Lipinski definition) is 12. The van der Waals surface area contributed by atoms with Gasteiger partial charge in [0.1, 0.15) is 12.4 Å². The molecular formula is C36H55NO11. The van der Waals surface area contributed by atoms with E-state index in [9.17, 15) is 24.6 Å². The zero-order valence-electron chi connectivity index (χ0n) is 28.5. The number of allylic oxidation sites excluding steroid dienone is 2. The summed E-state index contributed by atoms with van der Waals surface area (Å²) in [4.78, 5) is 40.9. The Bertz CT molecular complexity index is 1150. The minimum Gasteiger partial charge on any atom is -0.493 e. The van der Waals surface area contributed by atoms with Crippen LogP contribution in [0.25, 0.3) is 6.08 Å². The highest BCUT2D eigenvalue weighted by Crippen LogP contribution is 2.38. The Labute approximate surface area is 284 Å². The van der Waals surface area contributed by atoms with Crippen molar-refractivity contribution in [1.82, 2.24) is 5.39 Å². The summed E-state index contributed by atoms with van der Waals surface area (Å²) in [5.41, 5.74) is 0.749. The first-order valence-corrected chi connectivity index (χ1v) is 17.2. The second kappa shape index (κ2) is 24.1. The van der Waals surface area contributed by atoms with Gasteiger partial charge in [0.2, 0.25) is 0 Å². The summed E-state index contributed by atoms with van der Waals surface area (Å²) in [6, 6.07) is 5.07. The molecule has 1 aliphatic carbocycles. The number of aliphatic hydroxyl groups is 2. The zero-order chi connectivity index (χ0) is 35.1. The normalized spacial score (nSPS) is 19.4. The molecule has 0 amide bonds. The van der Waals surface area contributed by atoms with Crippen molar-refractivity contribution in [1.29, 1.82) is 0 Å². The highest BCUT2D eigenvalue weighted by atomic mass is 17.1. The molecule has 270 valence electrons. The Hall–Kier alpha value is -3.13. The Kier molecular flexibility index (Phi) is 20.6. The molecular weight excluding hydrogens is 622 g/mol. The molecule has 12 heteroatoms. The fourth-order valence-electron chi connectivity index (χ4n) is 5.83. The molecule has 1 aromatic carbocycles. The second-order valence-electron chi connectivity index (χ2n) is 12.2. The number of ketones is 1. The van der Waals surface area contributed by atoms with Gasteiger partial charge in [0.15, 0.2) is 11.5 Å². The molecule has 2 rings (SSSR count). The molecule has 1 fully saturated rings. The maximum atomic E-state index is 12.5. The predicted molar refractivity (Wildman–Crippen MR) is 178 cm³/mol. The van der Waals surface area contributed by atoms with E-state index in [-0.39, 0.29) is 50.1 Å². The van der Waals surface area contributed by atoms with E-state index >= 15 is 0 Å². The van der Waals surface area contributed by atoms with Gasteiger partial charge >= 0.3 is 11.9 Å². The lowest BCUT2D eigenvalue weighted by molar-refractivity contribution is -0.492. The van der Waals surface area contributed by atoms with Crippen molar-refractivity contribution in [3.8, 4) is 11.5 Å². The largest absolute Gasteiger partial charge is 0.493 e. The fourth-order valence-corrected chi connectivity index (χ4v) is 5.83. The van der Waals surface area contributed by atoms with Crippen molar-refractivity contribution in [3.05, 3.63) is 42.0 Å². The van der Waals surface area contributed by atoms with Gasteiger partial charge in [-0.15, -0.1) is 0 Å². The van der Waals surface area contributed by atoms with Crippen LogP contribution >= 0.6 is 0 Å². The van der Waals surface area contributed by atoms with Crippen molar-refractivity contribution >= 4 is 23.8 Å². The molecule has 1 aromatic rings. The SMILES string of the molecule is CCCCCCCC(=O)CC[C@@H]1[C@@H](C/C=C\CCCC(=O)Oc2ccc(/C=C/COC(=O)CCCON(O)O)cc2OC)[C@@H](O)C[C@H]1O. The topological polar surface area (TPSA) is 172 Å². The van der Waals surface area contributed by atoms with Crippen LogP contribution in [0.15, 0.2) is 36.4 Å². The minimum absolute atomic E-state index is 0.0450. The van der Waals surface area contributed by atoms with Crippen molar-refractivity contribution in [2.75, 3.05) is 20.3 Å². The van der Waals surface area contributed by atoms with Crippen molar-refractivity contribution in [2.45, 2.75) is 115 Å². The van der Waals surface area contributed by atoms with Gasteiger partial charge in [-0.1, -0.05) is 56.9 Å². The van der Waals surface area contributed by atoms with E-state index in [1.54, 1.807) is 30.4 Å². The number of rotatable bonds is 25. The standard InChI is InChI=1S/C36H55NO11/c1-3-4-5-6-9-15-28(38)20-21-30-29(31(39)26-32(30)40)16-10-7-8-11-17-36(42)48-33-22-19-27(25-34(33)45-2)14-12-23-46-35(41)18-13-24-47-37(43)44/h7,10,12,14,19,22,25,29-32,39-40,43-44H,3-6,8-9,11,13,15-18,20-21,23-24,26H2,1-2H3/b10-7-,14-12+/t29-,30-,31+,32-/m1/s1. The lowest BCUT2D eigenvalue weighted by Crippen LogP contribution is -2.22. The Morgan fingerprint density at radius 2 is 1.60 bits per heavy atom. The van der Waals surface area contributed by atoms with E-state index in [1.807, 2.05) is 12.2 Å². The maximum absolute atomic E-state index is 12.5. The average Bonchev–Trinajstić information content (AvgIpc) is 3.33. The van der Waals surface area contributed by atoms with Gasteiger partial charge in [-0.3, -0.25) is 29.6 Å². The van der Waals surface area contributed by atoms with Gasteiger partial charge in [0, 0.05) is 25.7 Å². The summed E-state index contributed by atoms with van der Waals surface area (Å²) < 4.78 is 16.0. The fraction of sp³-hybridized carbons (Fsp3) is 0.639. The van der Waals surface area contributed by atoms with Crippen LogP contribution in [0.3, 0.4) is 0 Å². The zero-order valence-corrected chi connectivity index (χ0v) is 28.5. The molecule has 1 saturated carbocycles. The van der Waals surface area contributed by atoms with Crippen LogP contribution in [-0.2, 0) is 24.0 Å². The molecule has 0 saturated heterocycles. The van der Waals surface area contributed by atoms with E-state index in [0.29, 0.717) is 56.4 Å². The number of nitrogens with zero attached hydrogens (tertiary/aromatic N) is 1. The molecule has 0 radical (unpaired) electrons. The first-order valence-electron chi connectivity index (χ1n) is 17.2. The highest BCUT2D eigenvalue weighted by molar-refractivity contribution is 5.78. The van der Waals surface area contributed by atoms with Gasteiger partial charge in [-0.05, 0) is 80.6 Å². The number of ether oxygens (including phenoxy) is 3.